The summed E-state index contributed by atoms with van der Waals surface area (Å²) < 4.78 is 14.4. The Morgan fingerprint density at radius 2 is 2.15 bits per heavy atom. The van der Waals surface area contributed by atoms with E-state index < -0.39 is 6.10 Å². The summed E-state index contributed by atoms with van der Waals surface area (Å²) in [7, 11) is 1.61. The molecule has 2 amide bonds. The Hall–Kier alpha value is -1.14. The van der Waals surface area contributed by atoms with Crippen molar-refractivity contribution in [1.29, 1.82) is 0 Å². The molecule has 0 radical (unpaired) electrons. The van der Waals surface area contributed by atoms with E-state index in [1.54, 1.807) is 26.1 Å². The molecule has 2 N–H and O–H groups in total. The molecule has 1 aromatic rings. The second-order valence-corrected chi connectivity index (χ2v) is 5.94. The van der Waals surface area contributed by atoms with Crippen LogP contribution in [0.5, 0.6) is 0 Å². The monoisotopic (exact) mass is 346 g/mol. The van der Waals surface area contributed by atoms with Gasteiger partial charge in [-0.3, -0.25) is 0 Å². The standard InChI is InChI=1S/C14H20BrFN2O2/c1-9(17-14(20)18(3)8-10(2)19)6-11-4-5-12(15)7-13(11)16/h4-5,7,9-10,19H,6,8H2,1-3H3,(H,17,20)/t9-,10+/m0/s1. The average Bonchev–Trinajstić information content (AvgIpc) is 2.31. The lowest BCUT2D eigenvalue weighted by Crippen LogP contribution is -2.44. The largest absolute Gasteiger partial charge is 0.392 e. The number of carbonyl (C=O) groups excluding carboxylic acids is 1. The number of nitrogens with one attached hydrogen (secondary N) is 1. The van der Waals surface area contributed by atoms with Crippen molar-refractivity contribution in [3.05, 3.63) is 34.1 Å². The van der Waals surface area contributed by atoms with Crippen molar-refractivity contribution in [3.8, 4) is 0 Å². The fourth-order valence-electron chi connectivity index (χ4n) is 1.87. The van der Waals surface area contributed by atoms with Crippen LogP contribution < -0.4 is 5.32 Å². The Balaban J connectivity index is 2.54. The van der Waals surface area contributed by atoms with Gasteiger partial charge in [-0.05, 0) is 38.0 Å². The van der Waals surface area contributed by atoms with Gasteiger partial charge in [0.15, 0.2) is 0 Å². The molecule has 112 valence electrons. The minimum absolute atomic E-state index is 0.199. The van der Waals surface area contributed by atoms with Crippen LogP contribution in [-0.4, -0.2) is 41.8 Å². The molecule has 0 saturated heterocycles. The third kappa shape index (κ3) is 5.46. The molecule has 0 bridgehead atoms. The summed E-state index contributed by atoms with van der Waals surface area (Å²) in [5.41, 5.74) is 0.555. The number of urea groups is 1. The maximum Gasteiger partial charge on any atom is 0.317 e. The lowest BCUT2D eigenvalue weighted by atomic mass is 10.1. The van der Waals surface area contributed by atoms with Gasteiger partial charge in [0.1, 0.15) is 5.82 Å². The molecule has 0 unspecified atom stereocenters. The fourth-order valence-corrected chi connectivity index (χ4v) is 2.20. The number of aliphatic hydroxyl groups is 1. The molecule has 6 heteroatoms. The third-order valence-corrected chi connectivity index (χ3v) is 3.29. The molecular formula is C14H20BrFN2O2. The van der Waals surface area contributed by atoms with Crippen molar-refractivity contribution < 1.29 is 14.3 Å². The summed E-state index contributed by atoms with van der Waals surface area (Å²) in [6, 6.07) is 4.39. The van der Waals surface area contributed by atoms with Gasteiger partial charge in [-0.1, -0.05) is 22.0 Å². The second-order valence-electron chi connectivity index (χ2n) is 5.02. The minimum atomic E-state index is -0.579. The molecule has 0 fully saturated rings. The van der Waals surface area contributed by atoms with Crippen LogP contribution in [0.15, 0.2) is 22.7 Å². The summed E-state index contributed by atoms with van der Waals surface area (Å²) in [5, 5.41) is 12.0. The minimum Gasteiger partial charge on any atom is -0.392 e. The molecule has 2 atom stereocenters. The highest BCUT2D eigenvalue weighted by molar-refractivity contribution is 9.10. The van der Waals surface area contributed by atoms with Gasteiger partial charge in [0, 0.05) is 24.1 Å². The molecule has 1 aromatic carbocycles. The van der Waals surface area contributed by atoms with Crippen molar-refractivity contribution in [1.82, 2.24) is 10.2 Å². The number of nitrogens with zero attached hydrogens (tertiary/aromatic N) is 1. The summed E-state index contributed by atoms with van der Waals surface area (Å²) in [6.45, 7) is 3.69. The van der Waals surface area contributed by atoms with E-state index in [0.717, 1.165) is 0 Å². The highest BCUT2D eigenvalue weighted by Crippen LogP contribution is 2.16. The highest BCUT2D eigenvalue weighted by Gasteiger charge is 2.15. The molecule has 0 aliphatic rings. The number of aliphatic hydroxyl groups excluding tert-OH is 1. The van der Waals surface area contributed by atoms with E-state index in [1.807, 2.05) is 6.92 Å². The number of carbonyl (C=O) groups is 1. The summed E-state index contributed by atoms with van der Waals surface area (Å²) in [6.07, 6.45) is -0.169. The molecule has 0 saturated carbocycles. The normalized spacial score (nSPS) is 13.7. The Morgan fingerprint density at radius 1 is 1.50 bits per heavy atom. The molecule has 20 heavy (non-hydrogen) atoms. The number of benzene rings is 1. The maximum absolute atomic E-state index is 13.7. The summed E-state index contributed by atoms with van der Waals surface area (Å²) in [5.74, 6) is -0.294. The van der Waals surface area contributed by atoms with E-state index in [-0.39, 0.29) is 24.4 Å². The van der Waals surface area contributed by atoms with Crippen LogP contribution in [0.4, 0.5) is 9.18 Å². The summed E-state index contributed by atoms with van der Waals surface area (Å²) >= 11 is 3.20. The topological polar surface area (TPSA) is 52.6 Å². The van der Waals surface area contributed by atoms with E-state index >= 15 is 0 Å². The predicted octanol–water partition coefficient (Wildman–Crippen LogP) is 2.54. The first-order valence-electron chi connectivity index (χ1n) is 6.43. The predicted molar refractivity (Wildman–Crippen MR) is 80.1 cm³/mol. The zero-order valence-corrected chi connectivity index (χ0v) is 13.4. The van der Waals surface area contributed by atoms with Crippen LogP contribution >= 0.6 is 15.9 Å². The number of halogens is 2. The Morgan fingerprint density at radius 3 is 2.70 bits per heavy atom. The molecule has 0 heterocycles. The lowest BCUT2D eigenvalue weighted by Gasteiger charge is -2.22. The van der Waals surface area contributed by atoms with E-state index in [4.69, 9.17) is 0 Å². The van der Waals surface area contributed by atoms with Gasteiger partial charge in [-0.15, -0.1) is 0 Å². The number of hydrogen-bond donors (Lipinski definition) is 2. The van der Waals surface area contributed by atoms with E-state index in [9.17, 15) is 14.3 Å². The van der Waals surface area contributed by atoms with Gasteiger partial charge in [-0.2, -0.15) is 0 Å². The Bertz CT molecular complexity index is 468. The van der Waals surface area contributed by atoms with Crippen molar-refractivity contribution in [3.63, 3.8) is 0 Å². The fraction of sp³-hybridized carbons (Fsp3) is 0.500. The van der Waals surface area contributed by atoms with Crippen LogP contribution in [0.1, 0.15) is 19.4 Å². The van der Waals surface area contributed by atoms with Gasteiger partial charge < -0.3 is 15.3 Å². The van der Waals surface area contributed by atoms with Gasteiger partial charge in [0.05, 0.1) is 6.10 Å². The third-order valence-electron chi connectivity index (χ3n) is 2.80. The molecule has 0 aromatic heterocycles. The van der Waals surface area contributed by atoms with Crippen LogP contribution in [0.2, 0.25) is 0 Å². The van der Waals surface area contributed by atoms with Crippen molar-refractivity contribution in [2.75, 3.05) is 13.6 Å². The first-order chi connectivity index (χ1) is 9.29. The van der Waals surface area contributed by atoms with E-state index in [0.29, 0.717) is 16.5 Å². The van der Waals surface area contributed by atoms with Crippen LogP contribution in [0.3, 0.4) is 0 Å². The Labute approximate surface area is 127 Å². The SMILES string of the molecule is C[C@@H](O)CN(C)C(=O)N[C@@H](C)Cc1ccc(Br)cc1F. The number of likely N-dealkylation sites (N-methyl/N-ethyl adjacent to an activating group) is 1. The zero-order valence-electron chi connectivity index (χ0n) is 11.9. The number of hydrogen-bond acceptors (Lipinski definition) is 2. The highest BCUT2D eigenvalue weighted by atomic mass is 79.9. The molecular weight excluding hydrogens is 327 g/mol. The van der Waals surface area contributed by atoms with E-state index in [2.05, 4.69) is 21.2 Å². The van der Waals surface area contributed by atoms with Crippen molar-refractivity contribution >= 4 is 22.0 Å². The van der Waals surface area contributed by atoms with Crippen LogP contribution in [0.25, 0.3) is 0 Å². The van der Waals surface area contributed by atoms with Crippen LogP contribution in [0, 0.1) is 5.82 Å². The number of rotatable bonds is 5. The molecule has 4 nitrogen and oxygen atoms in total. The maximum atomic E-state index is 13.7. The van der Waals surface area contributed by atoms with Crippen LogP contribution in [-0.2, 0) is 6.42 Å². The zero-order chi connectivity index (χ0) is 15.3. The lowest BCUT2D eigenvalue weighted by molar-refractivity contribution is 0.142. The van der Waals surface area contributed by atoms with Gasteiger partial charge >= 0.3 is 6.03 Å². The molecule has 0 aliphatic heterocycles. The van der Waals surface area contributed by atoms with E-state index in [1.165, 1.54) is 11.0 Å². The van der Waals surface area contributed by atoms with Crippen molar-refractivity contribution in [2.45, 2.75) is 32.4 Å². The second kappa shape index (κ2) is 7.59. The smallest absolute Gasteiger partial charge is 0.317 e. The van der Waals surface area contributed by atoms with Gasteiger partial charge in [-0.25, -0.2) is 9.18 Å². The quantitative estimate of drug-likeness (QED) is 0.860. The molecule has 0 aliphatic carbocycles. The molecule has 1 rings (SSSR count). The average molecular weight is 347 g/mol. The van der Waals surface area contributed by atoms with Gasteiger partial charge in [0.25, 0.3) is 0 Å². The first kappa shape index (κ1) is 16.9. The molecule has 0 spiro atoms. The number of amides is 2. The van der Waals surface area contributed by atoms with Gasteiger partial charge in [0.2, 0.25) is 0 Å². The Kier molecular flexibility index (Phi) is 6.42. The first-order valence-corrected chi connectivity index (χ1v) is 7.22. The summed E-state index contributed by atoms with van der Waals surface area (Å²) in [4.78, 5) is 13.2. The van der Waals surface area contributed by atoms with Crippen molar-refractivity contribution in [2.24, 2.45) is 0 Å².